The van der Waals surface area contributed by atoms with Crippen molar-refractivity contribution >= 4 is 34.3 Å². The smallest absolute Gasteiger partial charge is 0.0621 e. The second-order valence-electron chi connectivity index (χ2n) is 3.00. The zero-order chi connectivity index (χ0) is 9.80. The van der Waals surface area contributed by atoms with E-state index >= 15 is 0 Å². The average molecular weight is 244 g/mol. The van der Waals surface area contributed by atoms with Crippen LogP contribution in [0.25, 0.3) is 0 Å². The lowest BCUT2D eigenvalue weighted by Crippen LogP contribution is -2.07. The van der Waals surface area contributed by atoms with Gasteiger partial charge >= 0.3 is 0 Å². The van der Waals surface area contributed by atoms with Crippen LogP contribution in [0.2, 0.25) is 0 Å². The largest absolute Gasteiger partial charge is 0.254 e. The first-order chi connectivity index (χ1) is 6.86. The molecule has 1 aromatic rings. The summed E-state index contributed by atoms with van der Waals surface area (Å²) in [7, 11) is -0.815. The van der Waals surface area contributed by atoms with E-state index in [1.54, 1.807) is 0 Å². The van der Waals surface area contributed by atoms with Crippen LogP contribution in [-0.2, 0) is 10.8 Å². The summed E-state index contributed by atoms with van der Waals surface area (Å²) >= 11 is 3.87. The molecule has 0 N–H and O–H groups in total. The predicted octanol–water partition coefficient (Wildman–Crippen LogP) is 2.60. The number of hydrogen-bond donors (Lipinski definition) is 0. The van der Waals surface area contributed by atoms with Gasteiger partial charge in [0.25, 0.3) is 0 Å². The third-order valence-corrected chi connectivity index (χ3v) is 6.87. The van der Waals surface area contributed by atoms with E-state index in [1.165, 1.54) is 11.5 Å². The molecular formula is C10H12OS3. The van der Waals surface area contributed by atoms with Gasteiger partial charge in [-0.1, -0.05) is 18.2 Å². The Morgan fingerprint density at radius 2 is 1.86 bits per heavy atom. The molecule has 1 aromatic carbocycles. The molecule has 76 valence electrons. The number of hydrogen-bond acceptors (Lipinski definition) is 3. The molecule has 0 radical (unpaired) electrons. The summed E-state index contributed by atoms with van der Waals surface area (Å²) in [5, 5.41) is 0. The Morgan fingerprint density at radius 3 is 2.50 bits per heavy atom. The van der Waals surface area contributed by atoms with Crippen LogP contribution in [0.1, 0.15) is 0 Å². The summed E-state index contributed by atoms with van der Waals surface area (Å²) in [6.07, 6.45) is 0. The summed E-state index contributed by atoms with van der Waals surface area (Å²) in [4.78, 5) is 0.959. The van der Waals surface area contributed by atoms with Crippen LogP contribution in [-0.4, -0.2) is 26.0 Å². The van der Waals surface area contributed by atoms with E-state index in [4.69, 9.17) is 0 Å². The van der Waals surface area contributed by atoms with E-state index in [0.717, 1.165) is 10.6 Å². The van der Waals surface area contributed by atoms with Crippen molar-refractivity contribution < 1.29 is 4.21 Å². The quantitative estimate of drug-likeness (QED) is 0.813. The van der Waals surface area contributed by atoms with Crippen molar-refractivity contribution in [2.75, 3.05) is 17.3 Å². The first-order valence-corrected chi connectivity index (χ1v) is 7.94. The number of benzene rings is 1. The molecule has 1 nitrogen and oxygen atoms in total. The molecule has 2 rings (SSSR count). The summed E-state index contributed by atoms with van der Waals surface area (Å²) in [6, 6.07) is 9.74. The molecular weight excluding hydrogens is 232 g/mol. The van der Waals surface area contributed by atoms with E-state index in [-0.39, 0.29) is 0 Å². The lowest BCUT2D eigenvalue weighted by atomic mass is 10.4. The van der Waals surface area contributed by atoms with Gasteiger partial charge in [-0.15, -0.1) is 23.5 Å². The molecule has 0 bridgehead atoms. The van der Waals surface area contributed by atoms with Gasteiger partial charge in [-0.3, -0.25) is 4.21 Å². The lowest BCUT2D eigenvalue weighted by molar-refractivity contribution is 0.683. The maximum atomic E-state index is 11.9. The Morgan fingerprint density at radius 1 is 1.21 bits per heavy atom. The molecule has 0 amide bonds. The second kappa shape index (κ2) is 5.24. The minimum Gasteiger partial charge on any atom is -0.254 e. The van der Waals surface area contributed by atoms with E-state index in [1.807, 2.05) is 53.9 Å². The van der Waals surface area contributed by atoms with Crippen molar-refractivity contribution in [3.63, 3.8) is 0 Å². The van der Waals surface area contributed by atoms with Gasteiger partial charge in [-0.25, -0.2) is 0 Å². The van der Waals surface area contributed by atoms with E-state index in [2.05, 4.69) is 0 Å². The Kier molecular flexibility index (Phi) is 3.96. The highest BCUT2D eigenvalue weighted by Crippen LogP contribution is 2.32. The Balaban J connectivity index is 1.95. The Hall–Kier alpha value is 0.0700. The highest BCUT2D eigenvalue weighted by atomic mass is 32.2. The SMILES string of the molecule is O=S(CC1SCCS1)c1ccccc1. The monoisotopic (exact) mass is 244 g/mol. The molecule has 1 fully saturated rings. The summed E-state index contributed by atoms with van der Waals surface area (Å²) < 4.78 is 12.4. The van der Waals surface area contributed by atoms with Gasteiger partial charge in [-0.05, 0) is 12.1 Å². The average Bonchev–Trinajstić information content (AvgIpc) is 2.72. The van der Waals surface area contributed by atoms with Crippen LogP contribution in [0.4, 0.5) is 0 Å². The molecule has 0 aliphatic carbocycles. The zero-order valence-electron chi connectivity index (χ0n) is 7.72. The maximum absolute atomic E-state index is 11.9. The third kappa shape index (κ3) is 2.78. The van der Waals surface area contributed by atoms with Gasteiger partial charge in [0.15, 0.2) is 0 Å². The molecule has 0 aromatic heterocycles. The van der Waals surface area contributed by atoms with Gasteiger partial charge in [-0.2, -0.15) is 0 Å². The van der Waals surface area contributed by atoms with Crippen molar-refractivity contribution in [1.29, 1.82) is 0 Å². The molecule has 1 heterocycles. The van der Waals surface area contributed by atoms with Gasteiger partial charge < -0.3 is 0 Å². The first kappa shape index (κ1) is 10.6. The lowest BCUT2D eigenvalue weighted by Gasteiger charge is -2.06. The fraction of sp³-hybridized carbons (Fsp3) is 0.400. The van der Waals surface area contributed by atoms with Crippen LogP contribution in [0, 0.1) is 0 Å². The number of thioether (sulfide) groups is 2. The fourth-order valence-corrected chi connectivity index (χ4v) is 5.97. The van der Waals surface area contributed by atoms with Crippen molar-refractivity contribution in [3.8, 4) is 0 Å². The predicted molar refractivity (Wildman–Crippen MR) is 66.4 cm³/mol. The van der Waals surface area contributed by atoms with Crippen molar-refractivity contribution in [1.82, 2.24) is 0 Å². The molecule has 0 saturated carbocycles. The zero-order valence-corrected chi connectivity index (χ0v) is 10.2. The molecule has 1 aliphatic heterocycles. The van der Waals surface area contributed by atoms with E-state index < -0.39 is 10.8 Å². The minimum absolute atomic E-state index is 0.538. The highest BCUT2D eigenvalue weighted by Gasteiger charge is 2.19. The summed E-state index contributed by atoms with van der Waals surface area (Å²) in [5.74, 6) is 3.21. The summed E-state index contributed by atoms with van der Waals surface area (Å²) in [5.41, 5.74) is 0. The van der Waals surface area contributed by atoms with Gasteiger partial charge in [0, 0.05) is 22.2 Å². The molecule has 14 heavy (non-hydrogen) atoms. The first-order valence-electron chi connectivity index (χ1n) is 4.53. The minimum atomic E-state index is -0.815. The van der Waals surface area contributed by atoms with Crippen LogP contribution in [0.3, 0.4) is 0 Å². The van der Waals surface area contributed by atoms with Crippen molar-refractivity contribution in [2.45, 2.75) is 9.48 Å². The van der Waals surface area contributed by atoms with Gasteiger partial charge in [0.05, 0.1) is 15.4 Å². The van der Waals surface area contributed by atoms with Crippen LogP contribution in [0.15, 0.2) is 35.2 Å². The fourth-order valence-electron chi connectivity index (χ4n) is 1.30. The molecule has 4 heteroatoms. The van der Waals surface area contributed by atoms with Gasteiger partial charge in [0.1, 0.15) is 0 Å². The van der Waals surface area contributed by atoms with Crippen LogP contribution >= 0.6 is 23.5 Å². The maximum Gasteiger partial charge on any atom is 0.0621 e. The normalized spacial score (nSPS) is 19.7. The van der Waals surface area contributed by atoms with Gasteiger partial charge in [0.2, 0.25) is 0 Å². The molecule has 1 unspecified atom stereocenters. The second-order valence-corrected chi connectivity index (χ2v) is 7.41. The number of rotatable bonds is 3. The molecule has 1 atom stereocenters. The standard InChI is InChI=1S/C10H12OS3/c11-14(8-10-12-6-7-13-10)9-4-2-1-3-5-9/h1-5,10H,6-8H2. The molecule has 0 spiro atoms. The Labute approximate surface area is 95.5 Å². The molecule has 1 saturated heterocycles. The van der Waals surface area contributed by atoms with Crippen LogP contribution in [0.5, 0.6) is 0 Å². The van der Waals surface area contributed by atoms with E-state index in [9.17, 15) is 4.21 Å². The van der Waals surface area contributed by atoms with Crippen LogP contribution < -0.4 is 0 Å². The highest BCUT2D eigenvalue weighted by molar-refractivity contribution is 8.20. The molecule has 1 aliphatic rings. The Bertz CT molecular complexity index is 306. The summed E-state index contributed by atoms with van der Waals surface area (Å²) in [6.45, 7) is 0. The van der Waals surface area contributed by atoms with E-state index in [0.29, 0.717) is 4.58 Å². The van der Waals surface area contributed by atoms with Crippen molar-refractivity contribution in [3.05, 3.63) is 30.3 Å². The third-order valence-electron chi connectivity index (χ3n) is 1.98. The topological polar surface area (TPSA) is 17.1 Å². The van der Waals surface area contributed by atoms with Crippen molar-refractivity contribution in [2.24, 2.45) is 0 Å².